The molecule has 1 aliphatic rings. The molecule has 0 aromatic rings. The Morgan fingerprint density at radius 3 is 0.429 bits per heavy atom. The molecule has 0 unspecified atom stereocenters. The van der Waals surface area contributed by atoms with Gasteiger partial charge in [0.05, 0.1) is 13.2 Å². The standard InChI is InChI=1S/C39H13F66O4PS2/c40-8(41,10(44,45)12(48,49)14(52,53)16(56,57)18(60,61)20(64,65)22(68,69)24(72,73)26(76,77)28(80,81)30(84,85)32(88,89)34(92,93)36(96,97)38(100,101)102)1-3-111-7(5-108-110(106,107)109-6-7)112-4-2-9(42,43)11(46,47)13(50,51)15(54,55)17(58,59)19(62,63)21(66,67)23(70,71)25(74,75)27(78,79)29(82,83)31(86,87)33(90,91)35(94,95)37(98,99)39(103,104)105/h1-6H2,(H,106,107). The first-order chi connectivity index (χ1) is 47.3. The molecule has 4 nitrogen and oxygen atoms in total. The van der Waals surface area contributed by atoms with E-state index in [4.69, 9.17) is 0 Å². The summed E-state index contributed by atoms with van der Waals surface area (Å²) in [6.07, 6.45) is -25.4. The fourth-order valence-corrected chi connectivity index (χ4v) is 11.3. The monoisotopic (exact) mass is 1890 g/mol. The van der Waals surface area contributed by atoms with Gasteiger partial charge in [0.2, 0.25) is 0 Å². The smallest absolute Gasteiger partial charge is 0.302 e. The Morgan fingerprint density at radius 1 is 0.205 bits per heavy atom. The molecule has 0 aromatic heterocycles. The molecule has 112 heavy (non-hydrogen) atoms. The van der Waals surface area contributed by atoms with Crippen molar-refractivity contribution in [3.05, 3.63) is 0 Å². The van der Waals surface area contributed by atoms with Gasteiger partial charge < -0.3 is 4.89 Å². The third-order valence-electron chi connectivity index (χ3n) is 14.3. The summed E-state index contributed by atoms with van der Waals surface area (Å²) in [5.74, 6) is -306. The molecule has 0 saturated carbocycles. The van der Waals surface area contributed by atoms with Crippen molar-refractivity contribution in [3.8, 4) is 0 Å². The summed E-state index contributed by atoms with van der Waals surface area (Å²) < 4.78 is 939. The van der Waals surface area contributed by atoms with Crippen molar-refractivity contribution in [2.75, 3.05) is 24.7 Å². The molecule has 0 bridgehead atoms. The fraction of sp³-hybridized carbons (Fsp3) is 1.00. The molecular formula is C39H13F66O4PS2. The van der Waals surface area contributed by atoms with E-state index < -0.39 is 263 Å². The first-order valence-corrected chi connectivity index (χ1v) is 28.2. The largest absolute Gasteiger partial charge is 0.472 e. The van der Waals surface area contributed by atoms with Crippen molar-refractivity contribution < 1.29 is 308 Å². The van der Waals surface area contributed by atoms with E-state index in [9.17, 15) is 299 Å². The second-order valence-corrected chi connectivity index (χ2v) is 26.3. The van der Waals surface area contributed by atoms with Gasteiger partial charge in [-0.3, -0.25) is 9.05 Å². The van der Waals surface area contributed by atoms with Crippen molar-refractivity contribution in [1.29, 1.82) is 0 Å². The lowest BCUT2D eigenvalue weighted by atomic mass is 9.82. The Balaban J connectivity index is 3.95. The summed E-state index contributed by atoms with van der Waals surface area (Å²) in [5.41, 5.74) is 0. The summed E-state index contributed by atoms with van der Waals surface area (Å²) in [6.45, 7) is -4.96. The molecular weight excluding hydrogens is 1880 g/mol. The Bertz CT molecular complexity index is 3170. The average molecular weight is 1890 g/mol. The minimum atomic E-state index is -10.6. The van der Waals surface area contributed by atoms with Crippen LogP contribution in [0.25, 0.3) is 0 Å². The molecule has 1 fully saturated rings. The zero-order valence-electron chi connectivity index (χ0n) is 48.6. The molecule has 0 amide bonds. The predicted octanol–water partition coefficient (Wildman–Crippen LogP) is 23.3. The molecule has 0 atom stereocenters. The summed E-state index contributed by atoms with van der Waals surface area (Å²) in [7, 11) is -6.03. The number of phosphoric ester groups is 1. The Hall–Kier alpha value is -3.81. The molecule has 1 N–H and O–H groups in total. The SMILES string of the molecule is O=P1(O)OCC(SCCC(F)(F)C(F)(F)C(F)(F)C(F)(F)C(F)(F)C(F)(F)C(F)(F)C(F)(F)C(F)(F)C(F)(F)C(F)(F)C(F)(F)C(F)(F)C(F)(F)C(F)(F)C(F)(F)F)(SCCC(F)(F)C(F)(F)C(F)(F)C(F)(F)C(F)(F)C(F)(F)C(F)(F)C(F)(F)C(F)(F)C(F)(F)C(F)(F)C(F)(F)C(F)(F)C(F)(F)C(F)(F)C(F)(F)F)CO1. The molecule has 672 valence electrons. The Labute approximate surface area is 571 Å². The number of rotatable bonds is 36. The Kier molecular flexibility index (Phi) is 25.9. The van der Waals surface area contributed by atoms with Gasteiger partial charge >= 0.3 is 198 Å². The maximum atomic E-state index is 14.8. The van der Waals surface area contributed by atoms with Crippen LogP contribution in [0.1, 0.15) is 12.8 Å². The second kappa shape index (κ2) is 27.4. The van der Waals surface area contributed by atoms with Crippen LogP contribution < -0.4 is 0 Å². The highest BCUT2D eigenvalue weighted by Gasteiger charge is 3.05. The van der Waals surface area contributed by atoms with Crippen molar-refractivity contribution in [3.63, 3.8) is 0 Å². The summed E-state index contributed by atoms with van der Waals surface area (Å²) in [5, 5.41) is 0. The number of hydrogen-bond donors (Lipinski definition) is 1. The number of alkyl halides is 66. The normalized spacial score (nSPS) is 18.7. The number of hydrogen-bond acceptors (Lipinski definition) is 5. The van der Waals surface area contributed by atoms with Gasteiger partial charge in [-0.15, -0.1) is 23.5 Å². The van der Waals surface area contributed by atoms with Gasteiger partial charge in [-0.1, -0.05) is 0 Å². The van der Waals surface area contributed by atoms with Crippen LogP contribution in [-0.2, 0) is 13.6 Å². The van der Waals surface area contributed by atoms with Crippen LogP contribution in [0.2, 0.25) is 0 Å². The van der Waals surface area contributed by atoms with E-state index in [0.29, 0.717) is 0 Å². The maximum absolute atomic E-state index is 14.8. The summed E-state index contributed by atoms with van der Waals surface area (Å²) >= 11 is -3.01. The van der Waals surface area contributed by atoms with Crippen molar-refractivity contribution in [2.45, 2.75) is 207 Å². The van der Waals surface area contributed by atoms with Gasteiger partial charge in [-0.05, 0) is 0 Å². The molecule has 0 aliphatic carbocycles. The summed E-state index contributed by atoms with van der Waals surface area (Å²) in [4.78, 5) is 9.25. The second-order valence-electron chi connectivity index (χ2n) is 21.6. The quantitative estimate of drug-likeness (QED) is 0.0383. The minimum Gasteiger partial charge on any atom is -0.302 e. The zero-order chi connectivity index (χ0) is 92.1. The number of phosphoric acid groups is 1. The van der Waals surface area contributed by atoms with E-state index >= 15 is 0 Å². The molecule has 0 aromatic carbocycles. The van der Waals surface area contributed by atoms with Crippen LogP contribution in [-0.4, -0.2) is 224 Å². The van der Waals surface area contributed by atoms with Gasteiger partial charge in [0, 0.05) is 24.3 Å². The van der Waals surface area contributed by atoms with E-state index in [1.54, 1.807) is 0 Å². The first kappa shape index (κ1) is 106. The zero-order valence-corrected chi connectivity index (χ0v) is 51.2. The van der Waals surface area contributed by atoms with E-state index in [-0.39, 0.29) is 0 Å². The van der Waals surface area contributed by atoms with E-state index in [1.165, 1.54) is 0 Å². The Morgan fingerprint density at radius 2 is 0.312 bits per heavy atom. The topological polar surface area (TPSA) is 55.8 Å². The van der Waals surface area contributed by atoms with Crippen LogP contribution in [0.3, 0.4) is 0 Å². The lowest BCUT2D eigenvalue weighted by Crippen LogP contribution is -2.80. The first-order valence-electron chi connectivity index (χ1n) is 24.7. The fourth-order valence-electron chi connectivity index (χ4n) is 7.24. The molecule has 1 rings (SSSR count). The van der Waals surface area contributed by atoms with Crippen LogP contribution >= 0.6 is 31.3 Å². The van der Waals surface area contributed by atoms with E-state index in [0.717, 1.165) is 0 Å². The summed E-state index contributed by atoms with van der Waals surface area (Å²) in [6, 6.07) is 0. The molecule has 0 spiro atoms. The number of halogens is 66. The van der Waals surface area contributed by atoms with Gasteiger partial charge in [-0.2, -0.15) is 290 Å². The molecule has 1 saturated heterocycles. The molecule has 73 heteroatoms. The van der Waals surface area contributed by atoms with Crippen LogP contribution in [0, 0.1) is 0 Å². The van der Waals surface area contributed by atoms with Gasteiger partial charge in [0.1, 0.15) is 4.08 Å². The highest BCUT2D eigenvalue weighted by Crippen LogP contribution is 2.74. The van der Waals surface area contributed by atoms with Gasteiger partial charge in [0.15, 0.2) is 0 Å². The predicted molar refractivity (Wildman–Crippen MR) is 219 cm³/mol. The van der Waals surface area contributed by atoms with Gasteiger partial charge in [-0.25, -0.2) is 4.57 Å². The van der Waals surface area contributed by atoms with E-state index in [1.807, 2.05) is 0 Å². The number of thioether (sulfide) groups is 2. The maximum Gasteiger partial charge on any atom is 0.472 e. The van der Waals surface area contributed by atoms with Crippen molar-refractivity contribution >= 4 is 31.3 Å². The third-order valence-corrected chi connectivity index (χ3v) is 18.3. The highest BCUT2D eigenvalue weighted by molar-refractivity contribution is 8.18. The van der Waals surface area contributed by atoms with Crippen LogP contribution in [0.15, 0.2) is 0 Å². The minimum absolute atomic E-state index is 1.51. The third kappa shape index (κ3) is 13.4. The molecule has 1 heterocycles. The molecule has 1 aliphatic heterocycles. The van der Waals surface area contributed by atoms with Gasteiger partial charge in [0.25, 0.3) is 0 Å². The van der Waals surface area contributed by atoms with Crippen LogP contribution in [0.4, 0.5) is 290 Å². The van der Waals surface area contributed by atoms with Crippen molar-refractivity contribution in [1.82, 2.24) is 0 Å². The lowest BCUT2D eigenvalue weighted by Gasteiger charge is -2.47. The van der Waals surface area contributed by atoms with E-state index in [2.05, 4.69) is 9.05 Å². The van der Waals surface area contributed by atoms with Crippen LogP contribution in [0.5, 0.6) is 0 Å². The highest BCUT2D eigenvalue weighted by atomic mass is 32.2. The molecule has 0 radical (unpaired) electrons. The average Bonchev–Trinajstić information content (AvgIpc) is 0.682. The lowest BCUT2D eigenvalue weighted by molar-refractivity contribution is -0.491. The van der Waals surface area contributed by atoms with Crippen molar-refractivity contribution in [2.24, 2.45) is 0 Å².